The largest absolute Gasteiger partial charge is 0.456 e. The quantitative estimate of drug-likeness (QED) is 0.176. The van der Waals surface area contributed by atoms with Crippen molar-refractivity contribution in [3.05, 3.63) is 158 Å². The molecule has 0 radical (unpaired) electrons. The molecule has 0 atom stereocenters. The van der Waals surface area contributed by atoms with Gasteiger partial charge in [0.05, 0.1) is 11.0 Å². The molecule has 76 heavy (non-hydrogen) atoms. The highest BCUT2D eigenvalue weighted by Gasteiger charge is 2.15. The summed E-state index contributed by atoms with van der Waals surface area (Å²) in [4.78, 5) is 4.30. The fourth-order valence-corrected chi connectivity index (χ4v) is 10.2. The molecule has 404 valence electrons. The Morgan fingerprint density at radius 3 is 1.14 bits per heavy atom. The van der Waals surface area contributed by atoms with Gasteiger partial charge in [0.2, 0.25) is 0 Å². The van der Waals surface area contributed by atoms with E-state index in [0.29, 0.717) is 0 Å². The Balaban J connectivity index is 0.000000318. The Labute approximate surface area is 462 Å². The van der Waals surface area contributed by atoms with Crippen LogP contribution in [0, 0.1) is 0 Å². The van der Waals surface area contributed by atoms with Crippen molar-refractivity contribution in [1.29, 1.82) is 0 Å². The number of nitrogens with zero attached hydrogens (tertiary/aromatic N) is 4. The molecule has 0 aliphatic carbocycles. The maximum Gasteiger partial charge on any atom is 0.135 e. The first-order chi connectivity index (χ1) is 37.2. The number of benzene rings is 8. The van der Waals surface area contributed by atoms with Crippen molar-refractivity contribution in [2.75, 3.05) is 38.0 Å². The summed E-state index contributed by atoms with van der Waals surface area (Å²) >= 11 is 1.87. The number of anilines is 2. The second-order valence-corrected chi connectivity index (χ2v) is 17.5. The van der Waals surface area contributed by atoms with E-state index in [1.807, 2.05) is 134 Å². The van der Waals surface area contributed by atoms with Crippen molar-refractivity contribution in [2.24, 2.45) is 14.1 Å². The summed E-state index contributed by atoms with van der Waals surface area (Å²) in [7, 11) is 12.6. The van der Waals surface area contributed by atoms with Crippen LogP contribution in [0.5, 0.6) is 0 Å². The van der Waals surface area contributed by atoms with Crippen LogP contribution in [0.3, 0.4) is 0 Å². The van der Waals surface area contributed by atoms with Gasteiger partial charge in [0.15, 0.2) is 0 Å². The number of furan rings is 1. The molecule has 0 saturated heterocycles. The normalized spacial score (nSPS) is 9.97. The number of hydrogen-bond donors (Lipinski definition) is 0. The molecule has 0 saturated carbocycles. The lowest BCUT2D eigenvalue weighted by Gasteiger charge is -2.12. The topological polar surface area (TPSA) is 29.5 Å². The number of fused-ring (bicyclic) bond motifs is 12. The number of aryl methyl sites for hydroxylation is 2. The Morgan fingerprint density at radius 1 is 0.303 bits per heavy atom. The van der Waals surface area contributed by atoms with Crippen molar-refractivity contribution in [3.8, 4) is 22.3 Å². The molecule has 0 amide bonds. The van der Waals surface area contributed by atoms with Crippen LogP contribution in [0.4, 0.5) is 11.4 Å². The van der Waals surface area contributed by atoms with Crippen molar-refractivity contribution < 1.29 is 4.42 Å². The highest BCUT2D eigenvalue weighted by Crippen LogP contribution is 2.40. The van der Waals surface area contributed by atoms with Crippen molar-refractivity contribution in [2.45, 2.75) is 111 Å². The van der Waals surface area contributed by atoms with Gasteiger partial charge in [0.25, 0.3) is 0 Å². The van der Waals surface area contributed by atoms with E-state index in [-0.39, 0.29) is 0 Å². The van der Waals surface area contributed by atoms with Gasteiger partial charge in [0.1, 0.15) is 11.2 Å². The Kier molecular flexibility index (Phi) is 25.9. The molecule has 8 aromatic carbocycles. The van der Waals surface area contributed by atoms with Crippen LogP contribution in [0.1, 0.15) is 111 Å². The molecule has 6 heteroatoms. The van der Waals surface area contributed by atoms with Gasteiger partial charge in [0, 0.05) is 117 Å². The van der Waals surface area contributed by atoms with Crippen LogP contribution < -0.4 is 9.80 Å². The minimum Gasteiger partial charge on any atom is -0.456 e. The van der Waals surface area contributed by atoms with Crippen molar-refractivity contribution in [3.63, 3.8) is 0 Å². The van der Waals surface area contributed by atoms with Crippen molar-refractivity contribution >= 4 is 108 Å². The van der Waals surface area contributed by atoms with Crippen LogP contribution in [0.15, 0.2) is 162 Å². The van der Waals surface area contributed by atoms with E-state index < -0.39 is 0 Å². The summed E-state index contributed by atoms with van der Waals surface area (Å²) in [6.45, 7) is 32.0. The molecule has 0 bridgehead atoms. The number of hydrogen-bond acceptors (Lipinski definition) is 4. The number of rotatable bonds is 4. The first-order valence-corrected chi connectivity index (χ1v) is 29.2. The van der Waals surface area contributed by atoms with Crippen LogP contribution in [0.2, 0.25) is 0 Å². The zero-order chi connectivity index (χ0) is 56.8. The fourth-order valence-electron chi connectivity index (χ4n) is 9.13. The third-order valence-corrected chi connectivity index (χ3v) is 13.6. The molecular formula is C70H92N4OS. The monoisotopic (exact) mass is 1040 g/mol. The number of para-hydroxylation sites is 1. The SMILES string of the molecule is CC.CC.CC.CC.CC.CC.CC.CC.CN(C)c1ccc2c3cc(-c4ccc5oc6ccccc6c5c4)ccc3n(C)c2c1.CN(C)c1ccc2c3cc(-c4ccc5sc6ccccc6c5c4)ccc3n(C)c2c1. The van der Waals surface area contributed by atoms with E-state index in [9.17, 15) is 0 Å². The molecule has 4 aromatic heterocycles. The van der Waals surface area contributed by atoms with Gasteiger partial charge in [-0.2, -0.15) is 0 Å². The zero-order valence-electron chi connectivity index (χ0n) is 50.6. The molecule has 0 spiro atoms. The molecule has 5 nitrogen and oxygen atoms in total. The van der Waals surface area contributed by atoms with Gasteiger partial charge in [-0.05, 0) is 107 Å². The lowest BCUT2D eigenvalue weighted by atomic mass is 10.0. The standard InChI is InChI=1S/C27H22N2O.C27H22N2S.8C2H6/c2*1-28(2)19-10-11-20-22-14-17(8-12-24(22)29(3)25(20)16-19)18-9-13-27-23(15-18)21-6-4-5-7-26(21)30-27;8*1-2/h2*4-16H,1-3H3;8*1-2H3. The molecule has 12 rings (SSSR count). The lowest BCUT2D eigenvalue weighted by Crippen LogP contribution is -2.08. The summed E-state index contributed by atoms with van der Waals surface area (Å²) in [5.41, 5.74) is 14.3. The van der Waals surface area contributed by atoms with E-state index in [4.69, 9.17) is 4.42 Å². The summed E-state index contributed by atoms with van der Waals surface area (Å²) in [5.74, 6) is 0. The molecular weight excluding hydrogens is 945 g/mol. The summed E-state index contributed by atoms with van der Waals surface area (Å²) in [6.07, 6.45) is 0. The second kappa shape index (κ2) is 31.1. The highest BCUT2D eigenvalue weighted by molar-refractivity contribution is 7.25. The molecule has 12 aromatic rings. The predicted octanol–water partition coefficient (Wildman–Crippen LogP) is 22.6. The van der Waals surface area contributed by atoms with Gasteiger partial charge in [-0.3, -0.25) is 0 Å². The minimum atomic E-state index is 0.933. The molecule has 0 aliphatic heterocycles. The smallest absolute Gasteiger partial charge is 0.135 e. The zero-order valence-corrected chi connectivity index (χ0v) is 51.4. The Hall–Kier alpha value is -7.02. The Morgan fingerprint density at radius 2 is 0.671 bits per heavy atom. The molecule has 4 heterocycles. The second-order valence-electron chi connectivity index (χ2n) is 16.4. The van der Waals surface area contributed by atoms with E-state index in [1.165, 1.54) is 97.4 Å². The fraction of sp³-hybridized carbons (Fsp3) is 0.314. The summed E-state index contributed by atoms with van der Waals surface area (Å²) in [6, 6.07) is 57.4. The predicted molar refractivity (Wildman–Crippen MR) is 351 cm³/mol. The number of thiophene rings is 1. The third kappa shape index (κ3) is 13.1. The average Bonchev–Trinajstić information content (AvgIpc) is 4.24. The van der Waals surface area contributed by atoms with E-state index in [2.05, 4.69) is 207 Å². The highest BCUT2D eigenvalue weighted by atomic mass is 32.1. The van der Waals surface area contributed by atoms with Crippen LogP contribution in [-0.4, -0.2) is 37.3 Å². The molecule has 0 unspecified atom stereocenters. The minimum absolute atomic E-state index is 0.933. The molecule has 0 fully saturated rings. The summed E-state index contributed by atoms with van der Waals surface area (Å²) < 4.78 is 13.3. The number of aromatic nitrogens is 2. The van der Waals surface area contributed by atoms with Gasteiger partial charge in [-0.25, -0.2) is 0 Å². The average molecular weight is 1040 g/mol. The molecule has 0 N–H and O–H groups in total. The summed E-state index contributed by atoms with van der Waals surface area (Å²) in [5, 5.41) is 10.2. The maximum absolute atomic E-state index is 6.00. The van der Waals surface area contributed by atoms with Gasteiger partial charge >= 0.3 is 0 Å². The van der Waals surface area contributed by atoms with Crippen LogP contribution in [-0.2, 0) is 14.1 Å². The van der Waals surface area contributed by atoms with E-state index in [1.54, 1.807) is 0 Å². The van der Waals surface area contributed by atoms with Crippen LogP contribution >= 0.6 is 11.3 Å². The third-order valence-electron chi connectivity index (χ3n) is 12.4. The van der Waals surface area contributed by atoms with Crippen LogP contribution in [0.25, 0.3) is 108 Å². The van der Waals surface area contributed by atoms with Gasteiger partial charge in [-0.15, -0.1) is 11.3 Å². The first-order valence-electron chi connectivity index (χ1n) is 28.4. The van der Waals surface area contributed by atoms with Gasteiger partial charge < -0.3 is 23.4 Å². The van der Waals surface area contributed by atoms with E-state index >= 15 is 0 Å². The maximum atomic E-state index is 6.00. The van der Waals surface area contributed by atoms with Crippen molar-refractivity contribution in [1.82, 2.24) is 9.13 Å². The Bertz CT molecular complexity index is 3410. The lowest BCUT2D eigenvalue weighted by molar-refractivity contribution is 0.669. The van der Waals surface area contributed by atoms with Gasteiger partial charge in [-0.1, -0.05) is 184 Å². The molecule has 0 aliphatic rings. The first kappa shape index (κ1) is 63.3. The van der Waals surface area contributed by atoms with E-state index in [0.717, 1.165) is 21.9 Å².